The van der Waals surface area contributed by atoms with E-state index in [9.17, 15) is 9.59 Å². The quantitative estimate of drug-likeness (QED) is 0.776. The zero-order valence-electron chi connectivity index (χ0n) is 10.6. The number of carboxylic acids is 1. The molecular weight excluding hydrogens is 264 g/mol. The van der Waals surface area contributed by atoms with Gasteiger partial charge in [0.2, 0.25) is 5.95 Å². The zero-order chi connectivity index (χ0) is 14.5. The summed E-state index contributed by atoms with van der Waals surface area (Å²) in [6.45, 7) is 1.61. The second-order valence-electron chi connectivity index (χ2n) is 3.87. The number of furan rings is 1. The Labute approximate surface area is 113 Å². The molecule has 0 spiro atoms. The number of hydrogen-bond acceptors (Lipinski definition) is 5. The molecule has 2 amide bonds. The molecule has 0 aliphatic carbocycles. The van der Waals surface area contributed by atoms with E-state index in [1.165, 1.54) is 18.5 Å². The molecule has 2 aromatic heterocycles. The van der Waals surface area contributed by atoms with Crippen molar-refractivity contribution in [2.45, 2.75) is 13.5 Å². The van der Waals surface area contributed by atoms with Crippen LogP contribution in [0.25, 0.3) is 0 Å². The highest BCUT2D eigenvalue weighted by molar-refractivity contribution is 5.89. The zero-order valence-corrected chi connectivity index (χ0v) is 10.6. The third kappa shape index (κ3) is 3.31. The summed E-state index contributed by atoms with van der Waals surface area (Å²) in [4.78, 5) is 30.1. The fourth-order valence-corrected chi connectivity index (χ4v) is 1.52. The first kappa shape index (κ1) is 13.5. The molecule has 0 fully saturated rings. The molecule has 0 radical (unpaired) electrons. The molecule has 0 unspecified atom stereocenters. The van der Waals surface area contributed by atoms with E-state index >= 15 is 0 Å². The van der Waals surface area contributed by atoms with Gasteiger partial charge in [-0.3, -0.25) is 5.32 Å². The van der Waals surface area contributed by atoms with Crippen molar-refractivity contribution in [3.8, 4) is 0 Å². The molecule has 2 heterocycles. The fourth-order valence-electron chi connectivity index (χ4n) is 1.52. The molecule has 0 atom stereocenters. The Balaban J connectivity index is 1.90. The van der Waals surface area contributed by atoms with E-state index in [1.807, 2.05) is 0 Å². The van der Waals surface area contributed by atoms with Crippen molar-refractivity contribution in [2.75, 3.05) is 5.32 Å². The number of carbonyl (C=O) groups excluding carboxylic acids is 1. The topological polar surface area (TPSA) is 117 Å². The minimum absolute atomic E-state index is 0.0623. The Hall–Kier alpha value is -2.90. The molecule has 2 rings (SSSR count). The predicted molar refractivity (Wildman–Crippen MR) is 68.3 cm³/mol. The van der Waals surface area contributed by atoms with Gasteiger partial charge in [-0.25, -0.2) is 19.6 Å². The number of urea groups is 1. The van der Waals surface area contributed by atoms with E-state index in [2.05, 4.69) is 20.6 Å². The van der Waals surface area contributed by atoms with Gasteiger partial charge >= 0.3 is 12.0 Å². The van der Waals surface area contributed by atoms with Crippen LogP contribution in [0.2, 0.25) is 0 Å². The Kier molecular flexibility index (Phi) is 3.94. The second-order valence-corrected chi connectivity index (χ2v) is 3.87. The number of nitrogens with zero attached hydrogens (tertiary/aromatic N) is 2. The maximum atomic E-state index is 11.6. The average Bonchev–Trinajstić information content (AvgIpc) is 2.79. The highest BCUT2D eigenvalue weighted by Gasteiger charge is 2.14. The van der Waals surface area contributed by atoms with Gasteiger partial charge in [0.15, 0.2) is 0 Å². The lowest BCUT2D eigenvalue weighted by Crippen LogP contribution is -2.28. The molecule has 8 nitrogen and oxygen atoms in total. The molecular formula is C12H12N4O4. The minimum Gasteiger partial charge on any atom is -0.478 e. The molecule has 0 aromatic carbocycles. The highest BCUT2D eigenvalue weighted by Crippen LogP contribution is 2.14. The number of hydrogen-bond donors (Lipinski definition) is 3. The van der Waals surface area contributed by atoms with Crippen LogP contribution in [0.5, 0.6) is 0 Å². The van der Waals surface area contributed by atoms with Gasteiger partial charge in [0.1, 0.15) is 17.1 Å². The number of nitrogens with one attached hydrogen (secondary N) is 2. The number of aromatic nitrogens is 2. The maximum Gasteiger partial charge on any atom is 0.339 e. The summed E-state index contributed by atoms with van der Waals surface area (Å²) in [7, 11) is 0. The first-order valence-corrected chi connectivity index (χ1v) is 5.70. The number of carbonyl (C=O) groups is 2. The Morgan fingerprint density at radius 1 is 1.35 bits per heavy atom. The van der Waals surface area contributed by atoms with Crippen LogP contribution < -0.4 is 10.6 Å². The van der Waals surface area contributed by atoms with E-state index in [-0.39, 0.29) is 18.1 Å². The highest BCUT2D eigenvalue weighted by atomic mass is 16.4. The van der Waals surface area contributed by atoms with E-state index in [0.717, 1.165) is 0 Å². The Morgan fingerprint density at radius 2 is 2.05 bits per heavy atom. The van der Waals surface area contributed by atoms with Crippen molar-refractivity contribution in [1.82, 2.24) is 15.3 Å². The molecule has 8 heteroatoms. The van der Waals surface area contributed by atoms with Crippen molar-refractivity contribution >= 4 is 17.9 Å². The Bertz CT molecular complexity index is 624. The van der Waals surface area contributed by atoms with Crippen molar-refractivity contribution in [3.05, 3.63) is 41.6 Å². The smallest absolute Gasteiger partial charge is 0.339 e. The number of aryl methyl sites for hydroxylation is 1. The molecule has 0 bridgehead atoms. The van der Waals surface area contributed by atoms with Crippen LogP contribution in [-0.2, 0) is 6.54 Å². The van der Waals surface area contributed by atoms with Crippen LogP contribution in [0.3, 0.4) is 0 Å². The summed E-state index contributed by atoms with van der Waals surface area (Å²) in [6, 6.07) is 2.49. The van der Waals surface area contributed by atoms with E-state index in [1.54, 1.807) is 13.0 Å². The SMILES string of the molecule is Cc1oc(CNC(=O)Nc2ncccn2)cc1C(=O)O. The molecule has 0 saturated heterocycles. The number of carboxylic acid groups (broad SMARTS) is 1. The number of amides is 2. The molecule has 0 aliphatic rings. The third-order valence-corrected chi connectivity index (χ3v) is 2.41. The minimum atomic E-state index is -1.07. The fraction of sp³-hybridized carbons (Fsp3) is 0.167. The van der Waals surface area contributed by atoms with Gasteiger partial charge in [-0.1, -0.05) is 0 Å². The lowest BCUT2D eigenvalue weighted by molar-refractivity contribution is 0.0695. The summed E-state index contributed by atoms with van der Waals surface area (Å²) in [6.07, 6.45) is 3.00. The molecule has 0 saturated carbocycles. The molecule has 3 N–H and O–H groups in total. The van der Waals surface area contributed by atoms with Crippen molar-refractivity contribution in [2.24, 2.45) is 0 Å². The van der Waals surface area contributed by atoms with E-state index in [0.29, 0.717) is 11.5 Å². The number of anilines is 1. The van der Waals surface area contributed by atoms with E-state index < -0.39 is 12.0 Å². The number of rotatable bonds is 4. The first-order valence-electron chi connectivity index (χ1n) is 5.70. The first-order chi connectivity index (χ1) is 9.56. The standard InChI is InChI=1S/C12H12N4O4/c1-7-9(10(17)18)5-8(20-7)6-15-12(19)16-11-13-3-2-4-14-11/h2-5H,6H2,1H3,(H,17,18)(H2,13,14,15,16,19). The van der Waals surface area contributed by atoms with Gasteiger partial charge in [-0.15, -0.1) is 0 Å². The van der Waals surface area contributed by atoms with Crippen LogP contribution >= 0.6 is 0 Å². The predicted octanol–water partition coefficient (Wildman–Crippen LogP) is 1.40. The third-order valence-electron chi connectivity index (χ3n) is 2.41. The van der Waals surface area contributed by atoms with Crippen molar-refractivity contribution < 1.29 is 19.1 Å². The monoisotopic (exact) mass is 276 g/mol. The van der Waals surface area contributed by atoms with Gasteiger partial charge in [-0.2, -0.15) is 0 Å². The molecule has 20 heavy (non-hydrogen) atoms. The van der Waals surface area contributed by atoms with Gasteiger partial charge in [0.25, 0.3) is 0 Å². The molecule has 0 aliphatic heterocycles. The van der Waals surface area contributed by atoms with Crippen molar-refractivity contribution in [3.63, 3.8) is 0 Å². The Morgan fingerprint density at radius 3 is 2.65 bits per heavy atom. The van der Waals surface area contributed by atoms with Gasteiger partial charge in [0, 0.05) is 12.4 Å². The van der Waals surface area contributed by atoms with Gasteiger partial charge in [-0.05, 0) is 19.1 Å². The van der Waals surface area contributed by atoms with Crippen LogP contribution in [0.1, 0.15) is 21.9 Å². The summed E-state index contributed by atoms with van der Waals surface area (Å²) < 4.78 is 5.22. The van der Waals surface area contributed by atoms with Crippen LogP contribution in [-0.4, -0.2) is 27.1 Å². The summed E-state index contributed by atoms with van der Waals surface area (Å²) in [5.74, 6) is -0.253. The second kappa shape index (κ2) is 5.83. The largest absolute Gasteiger partial charge is 0.478 e. The van der Waals surface area contributed by atoms with Crippen molar-refractivity contribution in [1.29, 1.82) is 0 Å². The summed E-state index contributed by atoms with van der Waals surface area (Å²) in [5, 5.41) is 13.8. The van der Waals surface area contributed by atoms with E-state index in [4.69, 9.17) is 9.52 Å². The number of aromatic carboxylic acids is 1. The maximum absolute atomic E-state index is 11.6. The van der Waals surface area contributed by atoms with Gasteiger partial charge < -0.3 is 14.8 Å². The molecule has 2 aromatic rings. The average molecular weight is 276 g/mol. The normalized spacial score (nSPS) is 10.1. The van der Waals surface area contributed by atoms with Crippen LogP contribution in [0, 0.1) is 6.92 Å². The lowest BCUT2D eigenvalue weighted by Gasteiger charge is -2.04. The summed E-state index contributed by atoms with van der Waals surface area (Å²) >= 11 is 0. The van der Waals surface area contributed by atoms with Crippen LogP contribution in [0.4, 0.5) is 10.7 Å². The van der Waals surface area contributed by atoms with Gasteiger partial charge in [0.05, 0.1) is 6.54 Å². The summed E-state index contributed by atoms with van der Waals surface area (Å²) in [5.41, 5.74) is 0.0774. The molecule has 104 valence electrons. The lowest BCUT2D eigenvalue weighted by atomic mass is 10.2. The van der Waals surface area contributed by atoms with Crippen LogP contribution in [0.15, 0.2) is 28.9 Å².